The number of urea groups is 1. The predicted molar refractivity (Wildman–Crippen MR) is 94.1 cm³/mol. The molecule has 0 aromatic heterocycles. The third-order valence-corrected chi connectivity index (χ3v) is 3.78. The zero-order chi connectivity index (χ0) is 18.2. The largest absolute Gasteiger partial charge is 0.489 e. The summed E-state index contributed by atoms with van der Waals surface area (Å²) in [7, 11) is 0. The Hall–Kier alpha value is -2.63. The van der Waals surface area contributed by atoms with Crippen molar-refractivity contribution in [3.05, 3.63) is 59.2 Å². The molecule has 134 valence electrons. The summed E-state index contributed by atoms with van der Waals surface area (Å²) in [5.41, 5.74) is 2.97. The number of carbonyl (C=O) groups excluding carboxylic acids is 1. The average molecular weight is 348 g/mol. The molecule has 0 saturated carbocycles. The van der Waals surface area contributed by atoms with Gasteiger partial charge in [0.2, 0.25) is 0 Å². The van der Waals surface area contributed by atoms with Crippen LogP contribution in [0.1, 0.15) is 25.0 Å². The van der Waals surface area contributed by atoms with Crippen LogP contribution in [0.4, 0.5) is 19.3 Å². The second-order valence-corrected chi connectivity index (χ2v) is 5.46. The van der Waals surface area contributed by atoms with E-state index in [2.05, 4.69) is 10.6 Å². The third-order valence-electron chi connectivity index (χ3n) is 3.78. The van der Waals surface area contributed by atoms with Gasteiger partial charge in [0.1, 0.15) is 12.4 Å². The minimum atomic E-state index is -0.770. The van der Waals surface area contributed by atoms with Gasteiger partial charge in [-0.3, -0.25) is 0 Å². The van der Waals surface area contributed by atoms with Crippen molar-refractivity contribution in [2.45, 2.75) is 26.7 Å². The summed E-state index contributed by atoms with van der Waals surface area (Å²) in [6.07, 6.45) is 1.63. The molecule has 0 aliphatic carbocycles. The standard InChI is InChI=1S/C19H22F2N2O2/c1-3-13-6-5-7-14(4-2)18(13)23-19(24)22-10-11-25-17-9-8-15(20)12-16(17)21/h5-9,12H,3-4,10-11H2,1-2H3,(H2,22,23,24). The molecule has 0 aliphatic heterocycles. The van der Waals surface area contributed by atoms with E-state index in [1.165, 1.54) is 6.07 Å². The molecule has 0 spiro atoms. The van der Waals surface area contributed by atoms with E-state index in [0.29, 0.717) is 0 Å². The zero-order valence-corrected chi connectivity index (χ0v) is 14.4. The summed E-state index contributed by atoms with van der Waals surface area (Å²) in [5, 5.41) is 5.53. The van der Waals surface area contributed by atoms with Crippen LogP contribution in [-0.2, 0) is 12.8 Å². The molecule has 0 saturated heterocycles. The first kappa shape index (κ1) is 18.7. The molecule has 0 radical (unpaired) electrons. The quantitative estimate of drug-likeness (QED) is 0.734. The van der Waals surface area contributed by atoms with Gasteiger partial charge < -0.3 is 15.4 Å². The van der Waals surface area contributed by atoms with Crippen molar-refractivity contribution in [3.8, 4) is 5.75 Å². The molecule has 2 rings (SSSR count). The van der Waals surface area contributed by atoms with Crippen LogP contribution in [0.2, 0.25) is 0 Å². The highest BCUT2D eigenvalue weighted by atomic mass is 19.1. The van der Waals surface area contributed by atoms with Gasteiger partial charge in [0.25, 0.3) is 0 Å². The first-order valence-electron chi connectivity index (χ1n) is 8.28. The number of ether oxygens (including phenoxy) is 1. The molecule has 6 heteroatoms. The number of hydrogen-bond acceptors (Lipinski definition) is 2. The predicted octanol–water partition coefficient (Wildman–Crippen LogP) is 4.29. The molecule has 25 heavy (non-hydrogen) atoms. The minimum absolute atomic E-state index is 0.0480. The van der Waals surface area contributed by atoms with Crippen LogP contribution < -0.4 is 15.4 Å². The summed E-state index contributed by atoms with van der Waals surface area (Å²) < 4.78 is 31.4. The summed E-state index contributed by atoms with van der Waals surface area (Å²) in [6.45, 7) is 4.33. The van der Waals surface area contributed by atoms with Crippen LogP contribution >= 0.6 is 0 Å². The van der Waals surface area contributed by atoms with Crippen LogP contribution in [0.3, 0.4) is 0 Å². The van der Waals surface area contributed by atoms with Gasteiger partial charge in [-0.2, -0.15) is 0 Å². The fourth-order valence-corrected chi connectivity index (χ4v) is 2.48. The lowest BCUT2D eigenvalue weighted by Gasteiger charge is -2.15. The number of halogens is 2. The fraction of sp³-hybridized carbons (Fsp3) is 0.316. The third kappa shape index (κ3) is 5.17. The fourth-order valence-electron chi connectivity index (χ4n) is 2.48. The Morgan fingerprint density at radius 3 is 2.36 bits per heavy atom. The second-order valence-electron chi connectivity index (χ2n) is 5.46. The summed E-state index contributed by atoms with van der Waals surface area (Å²) >= 11 is 0. The maximum Gasteiger partial charge on any atom is 0.319 e. The first-order chi connectivity index (χ1) is 12.0. The van der Waals surface area contributed by atoms with Crippen molar-refractivity contribution in [2.24, 2.45) is 0 Å². The summed E-state index contributed by atoms with van der Waals surface area (Å²) in [6, 6.07) is 8.68. The number of aryl methyl sites for hydroxylation is 2. The minimum Gasteiger partial charge on any atom is -0.489 e. The van der Waals surface area contributed by atoms with E-state index in [0.717, 1.165) is 41.8 Å². The number of benzene rings is 2. The number of amides is 2. The smallest absolute Gasteiger partial charge is 0.319 e. The highest BCUT2D eigenvalue weighted by Crippen LogP contribution is 2.22. The van der Waals surface area contributed by atoms with Crippen molar-refractivity contribution in [3.63, 3.8) is 0 Å². The van der Waals surface area contributed by atoms with Gasteiger partial charge in [-0.1, -0.05) is 32.0 Å². The van der Waals surface area contributed by atoms with E-state index in [9.17, 15) is 13.6 Å². The van der Waals surface area contributed by atoms with Crippen LogP contribution in [0.15, 0.2) is 36.4 Å². The van der Waals surface area contributed by atoms with Crippen molar-refractivity contribution in [1.82, 2.24) is 5.32 Å². The van der Waals surface area contributed by atoms with E-state index in [1.807, 2.05) is 32.0 Å². The van der Waals surface area contributed by atoms with Crippen molar-refractivity contribution < 1.29 is 18.3 Å². The molecule has 2 amide bonds. The Morgan fingerprint density at radius 2 is 1.76 bits per heavy atom. The molecule has 4 nitrogen and oxygen atoms in total. The molecule has 0 heterocycles. The van der Waals surface area contributed by atoms with Gasteiger partial charge in [0.05, 0.1) is 6.54 Å². The molecule has 2 N–H and O–H groups in total. The average Bonchev–Trinajstić information content (AvgIpc) is 2.60. The SMILES string of the molecule is CCc1cccc(CC)c1NC(=O)NCCOc1ccc(F)cc1F. The molecule has 0 bridgehead atoms. The van der Waals surface area contributed by atoms with Crippen LogP contribution in [0.5, 0.6) is 5.75 Å². The molecule has 2 aromatic carbocycles. The lowest BCUT2D eigenvalue weighted by atomic mass is 10.0. The maximum atomic E-state index is 13.4. The number of anilines is 1. The Bertz CT molecular complexity index is 713. The van der Waals surface area contributed by atoms with Gasteiger partial charge in [0.15, 0.2) is 11.6 Å². The number of para-hydroxylation sites is 1. The molecular formula is C19H22F2N2O2. The van der Waals surface area contributed by atoms with Gasteiger partial charge in [-0.15, -0.1) is 0 Å². The van der Waals surface area contributed by atoms with Crippen molar-refractivity contribution in [1.29, 1.82) is 0 Å². The topological polar surface area (TPSA) is 50.4 Å². The van der Waals surface area contributed by atoms with Crippen molar-refractivity contribution in [2.75, 3.05) is 18.5 Å². The monoisotopic (exact) mass is 348 g/mol. The Morgan fingerprint density at radius 1 is 1.08 bits per heavy atom. The van der Waals surface area contributed by atoms with E-state index < -0.39 is 11.6 Å². The highest BCUT2D eigenvalue weighted by Gasteiger charge is 2.10. The number of carbonyl (C=O) groups is 1. The summed E-state index contributed by atoms with van der Waals surface area (Å²) in [4.78, 5) is 12.1. The van der Waals surface area contributed by atoms with E-state index in [4.69, 9.17) is 4.74 Å². The molecule has 2 aromatic rings. The van der Waals surface area contributed by atoms with Gasteiger partial charge in [0, 0.05) is 11.8 Å². The lowest BCUT2D eigenvalue weighted by Crippen LogP contribution is -2.32. The normalized spacial score (nSPS) is 10.4. The van der Waals surface area contributed by atoms with Crippen molar-refractivity contribution >= 4 is 11.7 Å². The molecule has 0 aliphatic rings. The molecule has 0 unspecified atom stereocenters. The lowest BCUT2D eigenvalue weighted by molar-refractivity contribution is 0.246. The zero-order valence-electron chi connectivity index (χ0n) is 14.4. The molecular weight excluding hydrogens is 326 g/mol. The van der Waals surface area contributed by atoms with E-state index in [1.54, 1.807) is 0 Å². The summed E-state index contributed by atoms with van der Waals surface area (Å²) in [5.74, 6) is -1.48. The molecule has 0 atom stereocenters. The number of nitrogens with one attached hydrogen (secondary N) is 2. The Balaban J connectivity index is 1.85. The van der Waals surface area contributed by atoms with E-state index >= 15 is 0 Å². The maximum absolute atomic E-state index is 13.4. The molecule has 0 fully saturated rings. The Kier molecular flexibility index (Phi) is 6.74. The van der Waals surface area contributed by atoms with Crippen LogP contribution in [0, 0.1) is 11.6 Å². The van der Waals surface area contributed by atoms with Crippen LogP contribution in [-0.4, -0.2) is 19.2 Å². The van der Waals surface area contributed by atoms with Crippen LogP contribution in [0.25, 0.3) is 0 Å². The van der Waals surface area contributed by atoms with E-state index in [-0.39, 0.29) is 24.9 Å². The number of rotatable bonds is 7. The first-order valence-corrected chi connectivity index (χ1v) is 8.28. The Labute approximate surface area is 146 Å². The van der Waals surface area contributed by atoms with Gasteiger partial charge in [-0.05, 0) is 36.1 Å². The van der Waals surface area contributed by atoms with Gasteiger partial charge in [-0.25, -0.2) is 13.6 Å². The number of hydrogen-bond donors (Lipinski definition) is 2. The van der Waals surface area contributed by atoms with Gasteiger partial charge >= 0.3 is 6.03 Å². The second kappa shape index (κ2) is 9.01. The highest BCUT2D eigenvalue weighted by molar-refractivity contribution is 5.91.